The molecule has 4 aromatic rings. The summed E-state index contributed by atoms with van der Waals surface area (Å²) in [4.78, 5) is 19.4. The number of halogens is 1. The van der Waals surface area contributed by atoms with Gasteiger partial charge in [0.2, 0.25) is 0 Å². The lowest BCUT2D eigenvalue weighted by molar-refractivity contribution is 0.0153. The van der Waals surface area contributed by atoms with Crippen molar-refractivity contribution in [3.63, 3.8) is 0 Å². The quantitative estimate of drug-likeness (QED) is 0.459. The number of aliphatic hydroxyl groups is 1. The van der Waals surface area contributed by atoms with E-state index in [1.54, 1.807) is 13.1 Å². The van der Waals surface area contributed by atoms with Crippen molar-refractivity contribution in [2.45, 2.75) is 39.3 Å². The predicted molar refractivity (Wildman–Crippen MR) is 134 cm³/mol. The maximum atomic E-state index is 15.4. The van der Waals surface area contributed by atoms with Gasteiger partial charge in [-0.1, -0.05) is 25.1 Å². The molecule has 0 saturated carbocycles. The summed E-state index contributed by atoms with van der Waals surface area (Å²) in [7, 11) is 1.58. The van der Waals surface area contributed by atoms with Gasteiger partial charge in [-0.3, -0.25) is 9.88 Å². The zero-order valence-electron chi connectivity index (χ0n) is 20.3. The van der Waals surface area contributed by atoms with Gasteiger partial charge in [0.1, 0.15) is 17.9 Å². The molecule has 182 valence electrons. The Morgan fingerprint density at radius 2 is 1.94 bits per heavy atom. The van der Waals surface area contributed by atoms with Gasteiger partial charge in [-0.25, -0.2) is 18.4 Å². The van der Waals surface area contributed by atoms with Crippen molar-refractivity contribution < 1.29 is 9.50 Å². The number of hydrogen-bond donors (Lipinski definition) is 1. The highest BCUT2D eigenvalue weighted by Crippen LogP contribution is 2.28. The molecule has 1 saturated heterocycles. The third-order valence-corrected chi connectivity index (χ3v) is 6.91. The Bertz CT molecular complexity index is 1440. The van der Waals surface area contributed by atoms with Crippen LogP contribution < -0.4 is 5.69 Å². The number of likely N-dealkylation sites (tertiary alicyclic amines) is 1. The van der Waals surface area contributed by atoms with Crippen molar-refractivity contribution in [1.29, 1.82) is 0 Å². The van der Waals surface area contributed by atoms with Crippen LogP contribution >= 0.6 is 0 Å². The molecule has 2 atom stereocenters. The molecule has 7 nitrogen and oxygen atoms in total. The lowest BCUT2D eigenvalue weighted by atomic mass is 10.0. The summed E-state index contributed by atoms with van der Waals surface area (Å²) < 4.78 is 18.1. The number of fused-ring (bicyclic) bond motifs is 1. The van der Waals surface area contributed by atoms with E-state index in [1.165, 1.54) is 15.3 Å². The maximum absolute atomic E-state index is 15.4. The summed E-state index contributed by atoms with van der Waals surface area (Å²) in [5, 5.41) is 15.6. The number of benzene rings is 2. The monoisotopic (exact) mass is 475 g/mol. The largest absolute Gasteiger partial charge is 0.378 e. The Labute approximate surface area is 203 Å². The molecule has 2 aromatic carbocycles. The highest BCUT2D eigenvalue weighted by atomic mass is 19.1. The van der Waals surface area contributed by atoms with Crippen molar-refractivity contribution in [1.82, 2.24) is 24.2 Å². The van der Waals surface area contributed by atoms with Gasteiger partial charge in [0.15, 0.2) is 0 Å². The first-order valence-electron chi connectivity index (χ1n) is 12.1. The van der Waals surface area contributed by atoms with Crippen LogP contribution in [0.5, 0.6) is 0 Å². The molecule has 1 unspecified atom stereocenters. The average molecular weight is 476 g/mol. The van der Waals surface area contributed by atoms with E-state index in [-0.39, 0.29) is 17.3 Å². The van der Waals surface area contributed by atoms with Gasteiger partial charge in [0.05, 0.1) is 11.2 Å². The molecule has 3 heterocycles. The van der Waals surface area contributed by atoms with Crippen molar-refractivity contribution in [2.75, 3.05) is 13.1 Å². The zero-order chi connectivity index (χ0) is 24.7. The van der Waals surface area contributed by atoms with Crippen LogP contribution in [0, 0.1) is 18.7 Å². The molecule has 1 aliphatic rings. The smallest absolute Gasteiger partial charge is 0.350 e. The highest BCUT2D eigenvalue weighted by molar-refractivity contribution is 5.84. The zero-order valence-corrected chi connectivity index (χ0v) is 20.3. The minimum absolute atomic E-state index is 0.194. The molecule has 1 N–H and O–H groups in total. The van der Waals surface area contributed by atoms with Crippen LogP contribution in [-0.2, 0) is 13.5 Å². The minimum atomic E-state index is -0.481. The molecule has 1 fully saturated rings. The molecule has 8 heteroatoms. The lowest BCUT2D eigenvalue weighted by Gasteiger charge is -2.21. The first kappa shape index (κ1) is 23.4. The van der Waals surface area contributed by atoms with Crippen LogP contribution in [0.1, 0.15) is 31.2 Å². The SMILES string of the molecule is CCC(O)N1CC[C@@H](Cc2nn(C)c(=O)n2-c2ccc(-c3ccc4cc(C)cnc4c3)cc2F)C1. The van der Waals surface area contributed by atoms with Gasteiger partial charge >= 0.3 is 5.69 Å². The fraction of sp³-hybridized carbons (Fsp3) is 0.370. The molecular weight excluding hydrogens is 445 g/mol. The van der Waals surface area contributed by atoms with Gasteiger partial charge in [-0.15, -0.1) is 0 Å². The van der Waals surface area contributed by atoms with Crippen LogP contribution in [0.4, 0.5) is 4.39 Å². The Morgan fingerprint density at radius 3 is 2.71 bits per heavy atom. The third-order valence-electron chi connectivity index (χ3n) is 6.91. The standard InChI is InChI=1S/C27H30FN5O2/c1-4-26(34)32-10-9-18(16-32)12-25-30-31(3)27(35)33(25)24-8-7-19(13-22(24)28)20-5-6-21-11-17(2)15-29-23(21)14-20/h5-8,11,13-15,18,26,34H,4,9-10,12,16H2,1-3H3/t18-,26?/m0/s1. The van der Waals surface area contributed by atoms with E-state index in [9.17, 15) is 9.90 Å². The fourth-order valence-electron chi connectivity index (χ4n) is 4.99. The van der Waals surface area contributed by atoms with Crippen LogP contribution in [0.15, 0.2) is 53.5 Å². The van der Waals surface area contributed by atoms with E-state index in [0.717, 1.165) is 41.5 Å². The second-order valence-electron chi connectivity index (χ2n) is 9.49. The Kier molecular flexibility index (Phi) is 6.25. The number of aryl methyl sites for hydroxylation is 2. The van der Waals surface area contributed by atoms with Crippen molar-refractivity contribution in [3.8, 4) is 16.8 Å². The van der Waals surface area contributed by atoms with Crippen LogP contribution in [0.25, 0.3) is 27.7 Å². The van der Waals surface area contributed by atoms with Gasteiger partial charge in [-0.2, -0.15) is 5.10 Å². The molecule has 0 spiro atoms. The first-order valence-corrected chi connectivity index (χ1v) is 12.1. The minimum Gasteiger partial charge on any atom is -0.378 e. The van der Waals surface area contributed by atoms with Gasteiger partial charge in [0, 0.05) is 38.1 Å². The molecule has 0 radical (unpaired) electrons. The van der Waals surface area contributed by atoms with Crippen LogP contribution in [-0.4, -0.2) is 48.7 Å². The van der Waals surface area contributed by atoms with E-state index < -0.39 is 12.0 Å². The Balaban J connectivity index is 1.45. The lowest BCUT2D eigenvalue weighted by Crippen LogP contribution is -2.32. The molecular formula is C27H30FN5O2. The Hall–Kier alpha value is -3.36. The van der Waals surface area contributed by atoms with Gasteiger partial charge in [0.25, 0.3) is 0 Å². The molecule has 35 heavy (non-hydrogen) atoms. The summed E-state index contributed by atoms with van der Waals surface area (Å²) in [5.41, 5.74) is 3.33. The fourth-order valence-corrected chi connectivity index (χ4v) is 4.99. The van der Waals surface area contributed by atoms with Gasteiger partial charge < -0.3 is 5.11 Å². The van der Waals surface area contributed by atoms with Crippen molar-refractivity contribution in [3.05, 3.63) is 76.4 Å². The summed E-state index contributed by atoms with van der Waals surface area (Å²) in [6.07, 6.45) is 3.48. The van der Waals surface area contributed by atoms with E-state index >= 15 is 4.39 Å². The molecule has 1 aliphatic heterocycles. The normalized spacial score (nSPS) is 17.3. The van der Waals surface area contributed by atoms with Crippen LogP contribution in [0.3, 0.4) is 0 Å². The molecule has 0 bridgehead atoms. The molecule has 2 aromatic heterocycles. The number of aromatic nitrogens is 4. The topological polar surface area (TPSA) is 76.2 Å². The number of aliphatic hydroxyl groups excluding tert-OH is 1. The van der Waals surface area contributed by atoms with Crippen molar-refractivity contribution in [2.24, 2.45) is 13.0 Å². The summed E-state index contributed by atoms with van der Waals surface area (Å²) in [6, 6.07) is 12.9. The second kappa shape index (κ2) is 9.36. The number of rotatable bonds is 6. The second-order valence-corrected chi connectivity index (χ2v) is 9.49. The van der Waals surface area contributed by atoms with Crippen molar-refractivity contribution >= 4 is 10.9 Å². The average Bonchev–Trinajstić information content (AvgIpc) is 3.42. The van der Waals surface area contributed by atoms with E-state index in [2.05, 4.69) is 16.1 Å². The number of nitrogens with zero attached hydrogens (tertiary/aromatic N) is 5. The molecule has 0 amide bonds. The predicted octanol–water partition coefficient (Wildman–Crippen LogP) is 3.83. The van der Waals surface area contributed by atoms with E-state index in [1.807, 2.05) is 49.2 Å². The van der Waals surface area contributed by atoms with E-state index in [4.69, 9.17) is 0 Å². The molecule has 0 aliphatic carbocycles. The summed E-state index contributed by atoms with van der Waals surface area (Å²) in [6.45, 7) is 5.49. The first-order chi connectivity index (χ1) is 16.8. The third kappa shape index (κ3) is 4.51. The highest BCUT2D eigenvalue weighted by Gasteiger charge is 2.29. The summed E-state index contributed by atoms with van der Waals surface area (Å²) in [5.74, 6) is 0.297. The van der Waals surface area contributed by atoms with Gasteiger partial charge in [-0.05, 0) is 66.6 Å². The van der Waals surface area contributed by atoms with Crippen LogP contribution in [0.2, 0.25) is 0 Å². The van der Waals surface area contributed by atoms with E-state index in [0.29, 0.717) is 24.2 Å². The number of pyridine rings is 1. The maximum Gasteiger partial charge on any atom is 0.350 e. The molecule has 5 rings (SSSR count). The number of hydrogen-bond acceptors (Lipinski definition) is 5. The summed E-state index contributed by atoms with van der Waals surface area (Å²) >= 11 is 0. The Morgan fingerprint density at radius 1 is 1.17 bits per heavy atom.